The van der Waals surface area contributed by atoms with Crippen LogP contribution in [0.15, 0.2) is 18.2 Å². The van der Waals surface area contributed by atoms with E-state index in [-0.39, 0.29) is 11.8 Å². The van der Waals surface area contributed by atoms with Crippen LogP contribution in [0.4, 0.5) is 0 Å². The van der Waals surface area contributed by atoms with Gasteiger partial charge in [-0.25, -0.2) is 0 Å². The van der Waals surface area contributed by atoms with Gasteiger partial charge in [0.15, 0.2) is 11.5 Å². The molecular weight excluding hydrogens is 292 g/mol. The normalized spacial score (nSPS) is 18.5. The molecule has 0 bridgehead atoms. The van der Waals surface area contributed by atoms with Gasteiger partial charge in [0.2, 0.25) is 5.91 Å². The molecule has 1 heterocycles. The molecule has 0 aliphatic carbocycles. The van der Waals surface area contributed by atoms with Crippen LogP contribution < -0.4 is 14.8 Å². The van der Waals surface area contributed by atoms with Crippen molar-refractivity contribution in [2.75, 3.05) is 33.4 Å². The SMILES string of the molecule is CCOc1ccc(CNC(=O)[C@@H]2CCCN(C)C2)cc1OCC. The number of likely N-dealkylation sites (tertiary alicyclic amines) is 1. The lowest BCUT2D eigenvalue weighted by molar-refractivity contribution is -0.126. The zero-order valence-electron chi connectivity index (χ0n) is 14.4. The number of piperidine rings is 1. The summed E-state index contributed by atoms with van der Waals surface area (Å²) in [5.41, 5.74) is 1.02. The number of nitrogens with zero attached hydrogens (tertiary/aromatic N) is 1. The Kier molecular flexibility index (Phi) is 6.71. The Labute approximate surface area is 139 Å². The van der Waals surface area contributed by atoms with Gasteiger partial charge in [0.25, 0.3) is 0 Å². The number of carbonyl (C=O) groups is 1. The first-order valence-electron chi connectivity index (χ1n) is 8.48. The number of hydrogen-bond donors (Lipinski definition) is 1. The molecule has 0 aromatic heterocycles. The molecule has 1 amide bonds. The topological polar surface area (TPSA) is 50.8 Å². The van der Waals surface area contributed by atoms with E-state index < -0.39 is 0 Å². The van der Waals surface area contributed by atoms with Crippen LogP contribution >= 0.6 is 0 Å². The van der Waals surface area contributed by atoms with Gasteiger partial charge in [-0.15, -0.1) is 0 Å². The molecule has 0 radical (unpaired) electrons. The molecule has 1 fully saturated rings. The van der Waals surface area contributed by atoms with E-state index in [1.54, 1.807) is 0 Å². The number of benzene rings is 1. The number of amides is 1. The predicted molar refractivity (Wildman–Crippen MR) is 90.8 cm³/mol. The van der Waals surface area contributed by atoms with E-state index in [4.69, 9.17) is 9.47 Å². The Morgan fingerprint density at radius 2 is 2.00 bits per heavy atom. The molecule has 1 aromatic rings. The van der Waals surface area contributed by atoms with Crippen LogP contribution in [0.2, 0.25) is 0 Å². The molecule has 5 heteroatoms. The van der Waals surface area contributed by atoms with Gasteiger partial charge < -0.3 is 19.7 Å². The molecule has 23 heavy (non-hydrogen) atoms. The van der Waals surface area contributed by atoms with E-state index in [1.165, 1.54) is 0 Å². The van der Waals surface area contributed by atoms with Crippen molar-refractivity contribution >= 4 is 5.91 Å². The smallest absolute Gasteiger partial charge is 0.224 e. The van der Waals surface area contributed by atoms with Gasteiger partial charge in [-0.05, 0) is 58.0 Å². The van der Waals surface area contributed by atoms with Crippen molar-refractivity contribution in [1.82, 2.24) is 10.2 Å². The molecule has 5 nitrogen and oxygen atoms in total. The fourth-order valence-electron chi connectivity index (χ4n) is 2.92. The number of carbonyl (C=O) groups excluding carboxylic acids is 1. The van der Waals surface area contributed by atoms with Crippen LogP contribution in [0.25, 0.3) is 0 Å². The Morgan fingerprint density at radius 1 is 1.26 bits per heavy atom. The van der Waals surface area contributed by atoms with Crippen molar-refractivity contribution in [1.29, 1.82) is 0 Å². The van der Waals surface area contributed by atoms with Gasteiger partial charge in [0, 0.05) is 13.1 Å². The molecule has 0 saturated carbocycles. The lowest BCUT2D eigenvalue weighted by atomic mass is 9.97. The molecule has 0 unspecified atom stereocenters. The monoisotopic (exact) mass is 320 g/mol. The van der Waals surface area contributed by atoms with Gasteiger partial charge in [0.05, 0.1) is 19.1 Å². The Hall–Kier alpha value is -1.75. The van der Waals surface area contributed by atoms with E-state index in [0.717, 1.165) is 43.0 Å². The minimum Gasteiger partial charge on any atom is -0.490 e. The molecular formula is C18H28N2O3. The van der Waals surface area contributed by atoms with Crippen LogP contribution in [0.3, 0.4) is 0 Å². The quantitative estimate of drug-likeness (QED) is 0.838. The molecule has 1 saturated heterocycles. The molecule has 1 aromatic carbocycles. The van der Waals surface area contributed by atoms with Crippen molar-refractivity contribution in [2.45, 2.75) is 33.2 Å². The van der Waals surface area contributed by atoms with Crippen LogP contribution in [-0.4, -0.2) is 44.2 Å². The van der Waals surface area contributed by atoms with Crippen LogP contribution in [0, 0.1) is 5.92 Å². The van der Waals surface area contributed by atoms with Crippen molar-refractivity contribution < 1.29 is 14.3 Å². The summed E-state index contributed by atoms with van der Waals surface area (Å²) < 4.78 is 11.2. The van der Waals surface area contributed by atoms with Crippen molar-refractivity contribution in [3.8, 4) is 11.5 Å². The van der Waals surface area contributed by atoms with Crippen molar-refractivity contribution in [2.24, 2.45) is 5.92 Å². The first-order valence-corrected chi connectivity index (χ1v) is 8.48. The second kappa shape index (κ2) is 8.77. The molecule has 2 rings (SSSR count). The van der Waals surface area contributed by atoms with E-state index in [1.807, 2.05) is 32.0 Å². The third-order valence-corrected chi connectivity index (χ3v) is 4.07. The molecule has 1 N–H and O–H groups in total. The Balaban J connectivity index is 1.94. The Bertz CT molecular complexity index is 519. The van der Waals surface area contributed by atoms with E-state index in [2.05, 4.69) is 17.3 Å². The lowest BCUT2D eigenvalue weighted by Gasteiger charge is -2.28. The maximum absolute atomic E-state index is 12.3. The average molecular weight is 320 g/mol. The van der Waals surface area contributed by atoms with Gasteiger partial charge in [-0.3, -0.25) is 4.79 Å². The largest absolute Gasteiger partial charge is 0.490 e. The van der Waals surface area contributed by atoms with Crippen molar-refractivity contribution in [3.05, 3.63) is 23.8 Å². The lowest BCUT2D eigenvalue weighted by Crippen LogP contribution is -2.41. The van der Waals surface area contributed by atoms with Crippen LogP contribution in [0.5, 0.6) is 11.5 Å². The predicted octanol–water partition coefficient (Wildman–Crippen LogP) is 2.44. The highest BCUT2D eigenvalue weighted by Gasteiger charge is 2.23. The molecule has 0 spiro atoms. The van der Waals surface area contributed by atoms with Gasteiger partial charge in [0.1, 0.15) is 0 Å². The fraction of sp³-hybridized carbons (Fsp3) is 0.611. The summed E-state index contributed by atoms with van der Waals surface area (Å²) in [6, 6.07) is 5.83. The van der Waals surface area contributed by atoms with E-state index in [9.17, 15) is 4.79 Å². The second-order valence-electron chi connectivity index (χ2n) is 5.97. The summed E-state index contributed by atoms with van der Waals surface area (Å²) in [5, 5.41) is 3.05. The molecule has 1 atom stereocenters. The standard InChI is InChI=1S/C18H28N2O3/c1-4-22-16-9-8-14(11-17(16)23-5-2)12-19-18(21)15-7-6-10-20(3)13-15/h8-9,11,15H,4-7,10,12-13H2,1-3H3,(H,19,21)/t15-/m1/s1. The highest BCUT2D eigenvalue weighted by atomic mass is 16.5. The summed E-state index contributed by atoms with van der Waals surface area (Å²) >= 11 is 0. The third-order valence-electron chi connectivity index (χ3n) is 4.07. The van der Waals surface area contributed by atoms with Crippen molar-refractivity contribution in [3.63, 3.8) is 0 Å². The van der Waals surface area contributed by atoms with Gasteiger partial charge in [-0.1, -0.05) is 6.07 Å². The second-order valence-corrected chi connectivity index (χ2v) is 5.97. The van der Waals surface area contributed by atoms with E-state index in [0.29, 0.717) is 19.8 Å². The average Bonchev–Trinajstić information content (AvgIpc) is 2.55. The molecule has 1 aliphatic heterocycles. The zero-order chi connectivity index (χ0) is 16.7. The molecule has 1 aliphatic rings. The van der Waals surface area contributed by atoms with Gasteiger partial charge in [-0.2, -0.15) is 0 Å². The first kappa shape index (κ1) is 17.6. The first-order chi connectivity index (χ1) is 11.1. The number of nitrogens with one attached hydrogen (secondary N) is 1. The van der Waals surface area contributed by atoms with Crippen LogP contribution in [-0.2, 0) is 11.3 Å². The number of ether oxygens (including phenoxy) is 2. The minimum atomic E-state index is 0.0998. The maximum atomic E-state index is 12.3. The highest BCUT2D eigenvalue weighted by molar-refractivity contribution is 5.79. The zero-order valence-corrected chi connectivity index (χ0v) is 14.4. The summed E-state index contributed by atoms with van der Waals surface area (Å²) in [6.07, 6.45) is 2.07. The van der Waals surface area contributed by atoms with Gasteiger partial charge >= 0.3 is 0 Å². The summed E-state index contributed by atoms with van der Waals surface area (Å²) in [7, 11) is 2.07. The van der Waals surface area contributed by atoms with E-state index >= 15 is 0 Å². The fourth-order valence-corrected chi connectivity index (χ4v) is 2.92. The summed E-state index contributed by atoms with van der Waals surface area (Å²) in [4.78, 5) is 14.5. The minimum absolute atomic E-state index is 0.0998. The summed E-state index contributed by atoms with van der Waals surface area (Å²) in [5.74, 6) is 1.73. The Morgan fingerprint density at radius 3 is 2.70 bits per heavy atom. The third kappa shape index (κ3) is 5.13. The molecule has 128 valence electrons. The van der Waals surface area contributed by atoms with Crippen LogP contribution in [0.1, 0.15) is 32.3 Å². The number of rotatable bonds is 7. The number of hydrogen-bond acceptors (Lipinski definition) is 4. The summed E-state index contributed by atoms with van der Waals surface area (Å²) in [6.45, 7) is 7.54. The maximum Gasteiger partial charge on any atom is 0.224 e. The highest BCUT2D eigenvalue weighted by Crippen LogP contribution is 2.28.